The smallest absolute Gasteiger partial charge is 0.264 e. The lowest BCUT2D eigenvalue weighted by atomic mass is 10.1. The number of aromatic amines is 1. The lowest BCUT2D eigenvalue weighted by Gasteiger charge is -2.12. The van der Waals surface area contributed by atoms with E-state index in [4.69, 9.17) is 4.74 Å². The van der Waals surface area contributed by atoms with Crippen LogP contribution in [-0.4, -0.2) is 22.7 Å². The van der Waals surface area contributed by atoms with E-state index in [2.05, 4.69) is 15.5 Å². The molecule has 0 bridgehead atoms. The van der Waals surface area contributed by atoms with Gasteiger partial charge in [0.2, 0.25) is 5.91 Å². The number of anilines is 1. The molecule has 0 aliphatic carbocycles. The van der Waals surface area contributed by atoms with Crippen LogP contribution in [0.4, 0.5) is 5.69 Å². The Labute approximate surface area is 179 Å². The molecule has 0 saturated carbocycles. The van der Waals surface area contributed by atoms with E-state index in [-0.39, 0.29) is 24.5 Å². The number of nitrogens with one attached hydrogen (secondary N) is 2. The van der Waals surface area contributed by atoms with Crippen molar-refractivity contribution in [1.29, 1.82) is 0 Å². The molecule has 0 radical (unpaired) electrons. The van der Waals surface area contributed by atoms with Gasteiger partial charge in [-0.25, -0.2) is 5.10 Å². The lowest BCUT2D eigenvalue weighted by molar-refractivity contribution is -0.116. The molecule has 1 aromatic heterocycles. The highest BCUT2D eigenvalue weighted by molar-refractivity contribution is 5.91. The molecule has 31 heavy (non-hydrogen) atoms. The number of para-hydroxylation sites is 1. The first-order valence-corrected chi connectivity index (χ1v) is 9.92. The number of ether oxygens (including phenoxy) is 1. The first-order valence-electron chi connectivity index (χ1n) is 9.92. The highest BCUT2D eigenvalue weighted by Crippen LogP contribution is 2.29. The van der Waals surface area contributed by atoms with Crippen molar-refractivity contribution in [3.63, 3.8) is 0 Å². The Balaban J connectivity index is 1.36. The molecule has 0 saturated heterocycles. The van der Waals surface area contributed by atoms with Crippen LogP contribution >= 0.6 is 0 Å². The topological polar surface area (TPSA) is 84.1 Å². The number of rotatable bonds is 7. The largest absolute Gasteiger partial charge is 0.492 e. The monoisotopic (exact) mass is 411 g/mol. The second kappa shape index (κ2) is 9.54. The zero-order chi connectivity index (χ0) is 21.5. The molecule has 1 heterocycles. The van der Waals surface area contributed by atoms with Crippen molar-refractivity contribution in [1.82, 2.24) is 10.2 Å². The van der Waals surface area contributed by atoms with Gasteiger partial charge in [0.25, 0.3) is 5.56 Å². The maximum absolute atomic E-state index is 12.4. The molecule has 0 fully saturated rings. The van der Waals surface area contributed by atoms with Gasteiger partial charge in [0.15, 0.2) is 0 Å². The van der Waals surface area contributed by atoms with Gasteiger partial charge >= 0.3 is 0 Å². The molecule has 3 aromatic carbocycles. The summed E-state index contributed by atoms with van der Waals surface area (Å²) in [6, 6.07) is 28.1. The summed E-state index contributed by atoms with van der Waals surface area (Å²) in [5.74, 6) is 0.594. The Hall–Kier alpha value is -4.19. The predicted molar refractivity (Wildman–Crippen MR) is 121 cm³/mol. The SMILES string of the molecule is O=C(CCOc1ccccc1-c1ccccc1)Nc1cccc(-c2ccc(=O)[nH]n2)c1. The van der Waals surface area contributed by atoms with Crippen molar-refractivity contribution >= 4 is 11.6 Å². The summed E-state index contributed by atoms with van der Waals surface area (Å²) in [5, 5.41) is 9.30. The first kappa shape index (κ1) is 20.1. The second-order valence-electron chi connectivity index (χ2n) is 6.90. The summed E-state index contributed by atoms with van der Waals surface area (Å²) < 4.78 is 5.90. The number of hydrogen-bond donors (Lipinski definition) is 2. The van der Waals surface area contributed by atoms with Gasteiger partial charge in [0, 0.05) is 22.9 Å². The normalized spacial score (nSPS) is 10.5. The highest BCUT2D eigenvalue weighted by atomic mass is 16.5. The van der Waals surface area contributed by atoms with Crippen LogP contribution in [-0.2, 0) is 4.79 Å². The molecule has 4 aromatic rings. The van der Waals surface area contributed by atoms with E-state index in [1.165, 1.54) is 6.07 Å². The van der Waals surface area contributed by atoms with Gasteiger partial charge in [-0.05, 0) is 29.8 Å². The van der Waals surface area contributed by atoms with Crippen molar-refractivity contribution in [3.8, 4) is 28.1 Å². The zero-order valence-electron chi connectivity index (χ0n) is 16.7. The summed E-state index contributed by atoms with van der Waals surface area (Å²) >= 11 is 0. The average molecular weight is 411 g/mol. The van der Waals surface area contributed by atoms with E-state index >= 15 is 0 Å². The maximum Gasteiger partial charge on any atom is 0.264 e. The molecule has 2 N–H and O–H groups in total. The van der Waals surface area contributed by atoms with E-state index in [1.54, 1.807) is 12.1 Å². The molecule has 1 amide bonds. The van der Waals surface area contributed by atoms with Crippen molar-refractivity contribution in [2.24, 2.45) is 0 Å². The van der Waals surface area contributed by atoms with E-state index in [0.717, 1.165) is 22.4 Å². The van der Waals surface area contributed by atoms with Crippen molar-refractivity contribution in [2.75, 3.05) is 11.9 Å². The summed E-state index contributed by atoms with van der Waals surface area (Å²) in [7, 11) is 0. The molecule has 4 rings (SSSR count). The Morgan fingerprint density at radius 1 is 0.871 bits per heavy atom. The standard InChI is InChI=1S/C25H21N3O3/c29-24(26-20-10-6-9-19(17-20)22-13-14-25(30)28-27-22)15-16-31-23-12-5-4-11-21(23)18-7-2-1-3-8-18/h1-14,17H,15-16H2,(H,26,29)(H,28,30). The van der Waals surface area contributed by atoms with Gasteiger partial charge in [0.05, 0.1) is 18.7 Å². The Kier molecular flexibility index (Phi) is 6.18. The molecule has 0 atom stereocenters. The van der Waals surface area contributed by atoms with Crippen LogP contribution < -0.4 is 15.6 Å². The van der Waals surface area contributed by atoms with Crippen molar-refractivity contribution < 1.29 is 9.53 Å². The summed E-state index contributed by atoms with van der Waals surface area (Å²) in [5.41, 5.74) is 3.86. The summed E-state index contributed by atoms with van der Waals surface area (Å²) in [6.45, 7) is 0.261. The third-order valence-electron chi connectivity index (χ3n) is 4.68. The van der Waals surface area contributed by atoms with Crippen LogP contribution in [0.25, 0.3) is 22.4 Å². The molecular weight excluding hydrogens is 390 g/mol. The highest BCUT2D eigenvalue weighted by Gasteiger charge is 2.08. The zero-order valence-corrected chi connectivity index (χ0v) is 16.7. The van der Waals surface area contributed by atoms with Gasteiger partial charge in [0.1, 0.15) is 5.75 Å². The molecule has 0 aliphatic heterocycles. The van der Waals surface area contributed by atoms with Crippen LogP contribution in [0.2, 0.25) is 0 Å². The Morgan fingerprint density at radius 2 is 1.65 bits per heavy atom. The van der Waals surface area contributed by atoms with Crippen molar-refractivity contribution in [2.45, 2.75) is 6.42 Å². The molecular formula is C25H21N3O3. The molecule has 0 spiro atoms. The van der Waals surface area contributed by atoms with E-state index in [9.17, 15) is 9.59 Å². The average Bonchev–Trinajstić information content (AvgIpc) is 2.81. The molecule has 6 heteroatoms. The minimum atomic E-state index is -0.262. The number of H-pyrrole nitrogens is 1. The summed E-state index contributed by atoms with van der Waals surface area (Å²) in [6.07, 6.45) is 0.213. The van der Waals surface area contributed by atoms with Crippen LogP contribution in [0.5, 0.6) is 5.75 Å². The third-order valence-corrected chi connectivity index (χ3v) is 4.68. The van der Waals surface area contributed by atoms with Crippen LogP contribution in [0.1, 0.15) is 6.42 Å². The van der Waals surface area contributed by atoms with E-state index in [0.29, 0.717) is 11.4 Å². The number of amides is 1. The predicted octanol–water partition coefficient (Wildman–Crippen LogP) is 4.51. The van der Waals surface area contributed by atoms with Crippen molar-refractivity contribution in [3.05, 3.63) is 101 Å². The number of aromatic nitrogens is 2. The second-order valence-corrected chi connectivity index (χ2v) is 6.90. The number of carbonyl (C=O) groups is 1. The van der Waals surface area contributed by atoms with Gasteiger partial charge in [-0.2, -0.15) is 5.10 Å². The maximum atomic E-state index is 12.4. The molecule has 0 unspecified atom stereocenters. The first-order chi connectivity index (χ1) is 15.2. The quantitative estimate of drug-likeness (QED) is 0.469. The molecule has 0 aliphatic rings. The fraction of sp³-hybridized carbons (Fsp3) is 0.0800. The van der Waals surface area contributed by atoms with Crippen LogP contribution in [0.15, 0.2) is 95.8 Å². The van der Waals surface area contributed by atoms with Crippen LogP contribution in [0, 0.1) is 0 Å². The summed E-state index contributed by atoms with van der Waals surface area (Å²) in [4.78, 5) is 23.6. The van der Waals surface area contributed by atoms with Gasteiger partial charge in [-0.3, -0.25) is 9.59 Å². The number of nitrogens with zero attached hydrogens (tertiary/aromatic N) is 1. The fourth-order valence-corrected chi connectivity index (χ4v) is 3.19. The Bertz CT molecular complexity index is 1220. The number of hydrogen-bond acceptors (Lipinski definition) is 4. The lowest BCUT2D eigenvalue weighted by Crippen LogP contribution is -2.15. The molecule has 154 valence electrons. The van der Waals surface area contributed by atoms with Crippen LogP contribution in [0.3, 0.4) is 0 Å². The third kappa shape index (κ3) is 5.25. The van der Waals surface area contributed by atoms with Gasteiger partial charge in [-0.1, -0.05) is 60.7 Å². The number of carbonyl (C=O) groups excluding carboxylic acids is 1. The van der Waals surface area contributed by atoms with Gasteiger partial charge < -0.3 is 10.1 Å². The van der Waals surface area contributed by atoms with E-state index in [1.807, 2.05) is 72.8 Å². The number of benzene rings is 3. The Morgan fingerprint density at radius 3 is 2.45 bits per heavy atom. The molecule has 6 nitrogen and oxygen atoms in total. The van der Waals surface area contributed by atoms with Gasteiger partial charge in [-0.15, -0.1) is 0 Å². The minimum Gasteiger partial charge on any atom is -0.492 e. The minimum absolute atomic E-state index is 0.149. The fourth-order valence-electron chi connectivity index (χ4n) is 3.19. The van der Waals surface area contributed by atoms with E-state index < -0.39 is 0 Å².